The molecule has 11 heavy (non-hydrogen) atoms. The molecule has 1 aliphatic heterocycles. The van der Waals surface area contributed by atoms with Crippen molar-refractivity contribution < 1.29 is 5.11 Å². The summed E-state index contributed by atoms with van der Waals surface area (Å²) >= 11 is 1.15. The summed E-state index contributed by atoms with van der Waals surface area (Å²) in [6.45, 7) is 0. The Morgan fingerprint density at radius 2 is 2.64 bits per heavy atom. The molecule has 5 N–H and O–H groups in total. The van der Waals surface area contributed by atoms with Gasteiger partial charge in [-0.15, -0.1) is 0 Å². The van der Waals surface area contributed by atoms with E-state index in [0.29, 0.717) is 11.4 Å². The van der Waals surface area contributed by atoms with Gasteiger partial charge in [-0.2, -0.15) is 5.26 Å². The van der Waals surface area contributed by atoms with Crippen molar-refractivity contribution in [2.75, 3.05) is 0 Å². The Balaban J connectivity index is 2.70. The van der Waals surface area contributed by atoms with Gasteiger partial charge in [-0.3, -0.25) is 0 Å². The van der Waals surface area contributed by atoms with Crippen molar-refractivity contribution in [3.63, 3.8) is 0 Å². The lowest BCUT2D eigenvalue weighted by Gasteiger charge is -2.04. The Kier molecular flexibility index (Phi) is 2.59. The molecule has 1 aliphatic rings. The number of nitrogens with zero attached hydrogens (tertiary/aromatic N) is 1. The van der Waals surface area contributed by atoms with Gasteiger partial charge in [0.1, 0.15) is 0 Å². The fourth-order valence-corrected chi connectivity index (χ4v) is 1.32. The minimum Gasteiger partial charge on any atom is -0.400 e. The van der Waals surface area contributed by atoms with Gasteiger partial charge >= 0.3 is 0 Å². The summed E-state index contributed by atoms with van der Waals surface area (Å²) in [6, 6.07) is 1.89. The van der Waals surface area contributed by atoms with E-state index in [-0.39, 0.29) is 6.42 Å². The zero-order chi connectivity index (χ0) is 8.27. The molecular weight excluding hydrogens is 164 g/mol. The number of hydrogen-bond donors (Lipinski definition) is 4. The molecule has 0 radical (unpaired) electrons. The SMILES string of the molecule is N#CC/C(N)=C1\NSNC1O. The minimum absolute atomic E-state index is 0.127. The first-order valence-electron chi connectivity index (χ1n) is 2.96. The summed E-state index contributed by atoms with van der Waals surface area (Å²) in [4.78, 5) is 0. The Morgan fingerprint density at radius 1 is 1.91 bits per heavy atom. The molecule has 1 rings (SSSR count). The fourth-order valence-electron chi connectivity index (χ4n) is 0.677. The summed E-state index contributed by atoms with van der Waals surface area (Å²) in [7, 11) is 0. The van der Waals surface area contributed by atoms with Gasteiger partial charge < -0.3 is 15.6 Å². The van der Waals surface area contributed by atoms with Gasteiger partial charge in [-0.1, -0.05) is 0 Å². The number of nitrogens with one attached hydrogen (secondary N) is 2. The van der Waals surface area contributed by atoms with E-state index in [1.165, 1.54) is 0 Å². The molecule has 1 atom stereocenters. The zero-order valence-electron chi connectivity index (χ0n) is 5.66. The molecule has 0 amide bonds. The zero-order valence-corrected chi connectivity index (χ0v) is 6.48. The number of aliphatic hydroxyl groups is 1. The molecular formula is C5H8N4OS. The normalized spacial score (nSPS) is 27.5. The molecule has 1 saturated heterocycles. The van der Waals surface area contributed by atoms with Gasteiger partial charge in [0, 0.05) is 17.8 Å². The molecule has 0 aromatic heterocycles. The second kappa shape index (κ2) is 3.48. The standard InChI is InChI=1S/C5H8N4OS/c6-2-1-3(7)4-5(10)9-11-8-4/h5,8-10H,1,7H2/b4-3+. The summed E-state index contributed by atoms with van der Waals surface area (Å²) < 4.78 is 5.37. The molecule has 6 heteroatoms. The summed E-state index contributed by atoms with van der Waals surface area (Å²) in [5.74, 6) is 0. The molecule has 1 fully saturated rings. The lowest BCUT2D eigenvalue weighted by Crippen LogP contribution is -2.22. The Bertz CT molecular complexity index is 221. The van der Waals surface area contributed by atoms with Crippen LogP contribution in [0.4, 0.5) is 0 Å². The number of allylic oxidation sites excluding steroid dienone is 1. The molecule has 0 aliphatic carbocycles. The van der Waals surface area contributed by atoms with Crippen LogP contribution in [-0.4, -0.2) is 11.3 Å². The van der Waals surface area contributed by atoms with Crippen molar-refractivity contribution >= 4 is 12.1 Å². The maximum atomic E-state index is 9.14. The van der Waals surface area contributed by atoms with Gasteiger partial charge in [-0.25, -0.2) is 4.72 Å². The van der Waals surface area contributed by atoms with Gasteiger partial charge in [0.25, 0.3) is 0 Å². The quantitative estimate of drug-likeness (QED) is 0.385. The molecule has 1 unspecified atom stereocenters. The predicted molar refractivity (Wildman–Crippen MR) is 41.3 cm³/mol. The molecule has 60 valence electrons. The van der Waals surface area contributed by atoms with Crippen molar-refractivity contribution in [3.05, 3.63) is 11.4 Å². The highest BCUT2D eigenvalue weighted by atomic mass is 32.2. The van der Waals surface area contributed by atoms with E-state index >= 15 is 0 Å². The van der Waals surface area contributed by atoms with E-state index in [1.54, 1.807) is 0 Å². The first-order chi connectivity index (χ1) is 5.25. The third-order valence-corrected chi connectivity index (χ3v) is 1.88. The lowest BCUT2D eigenvalue weighted by atomic mass is 10.2. The molecule has 1 heterocycles. The monoisotopic (exact) mass is 172 g/mol. The topological polar surface area (TPSA) is 94.1 Å². The van der Waals surface area contributed by atoms with E-state index in [1.807, 2.05) is 6.07 Å². The number of aliphatic hydroxyl groups excluding tert-OH is 1. The van der Waals surface area contributed by atoms with Crippen LogP contribution in [0.2, 0.25) is 0 Å². The third kappa shape index (κ3) is 1.77. The molecule has 0 spiro atoms. The Labute approximate surface area is 68.5 Å². The molecule has 0 aromatic rings. The average Bonchev–Trinajstić information content (AvgIpc) is 2.36. The van der Waals surface area contributed by atoms with Crippen LogP contribution in [0.1, 0.15) is 6.42 Å². The van der Waals surface area contributed by atoms with Crippen molar-refractivity contribution in [1.82, 2.24) is 9.44 Å². The second-order valence-corrected chi connectivity index (χ2v) is 2.64. The van der Waals surface area contributed by atoms with Gasteiger partial charge in [0.2, 0.25) is 0 Å². The number of hydrogen-bond acceptors (Lipinski definition) is 6. The van der Waals surface area contributed by atoms with Crippen LogP contribution >= 0.6 is 12.1 Å². The predicted octanol–water partition coefficient (Wildman–Crippen LogP) is -0.855. The van der Waals surface area contributed by atoms with Crippen molar-refractivity contribution in [2.45, 2.75) is 12.6 Å². The lowest BCUT2D eigenvalue weighted by molar-refractivity contribution is 0.206. The highest BCUT2D eigenvalue weighted by Gasteiger charge is 2.20. The van der Waals surface area contributed by atoms with Crippen molar-refractivity contribution in [2.24, 2.45) is 5.73 Å². The van der Waals surface area contributed by atoms with Crippen LogP contribution in [0.15, 0.2) is 11.4 Å². The maximum Gasteiger partial charge on any atom is 0.158 e. The smallest absolute Gasteiger partial charge is 0.158 e. The summed E-state index contributed by atoms with van der Waals surface area (Å²) in [5.41, 5.74) is 6.32. The van der Waals surface area contributed by atoms with Crippen LogP contribution in [0.5, 0.6) is 0 Å². The highest BCUT2D eigenvalue weighted by molar-refractivity contribution is 7.95. The van der Waals surface area contributed by atoms with Crippen molar-refractivity contribution in [3.8, 4) is 6.07 Å². The van der Waals surface area contributed by atoms with E-state index in [4.69, 9.17) is 16.1 Å². The number of nitriles is 1. The number of rotatable bonds is 1. The highest BCUT2D eigenvalue weighted by Crippen LogP contribution is 2.14. The Morgan fingerprint density at radius 3 is 3.09 bits per heavy atom. The maximum absolute atomic E-state index is 9.14. The van der Waals surface area contributed by atoms with E-state index in [2.05, 4.69) is 9.44 Å². The Hall–Kier alpha value is -0.900. The second-order valence-electron chi connectivity index (χ2n) is 2.00. The van der Waals surface area contributed by atoms with Crippen LogP contribution in [0, 0.1) is 11.3 Å². The van der Waals surface area contributed by atoms with Crippen LogP contribution in [0.25, 0.3) is 0 Å². The average molecular weight is 172 g/mol. The molecule has 0 aromatic carbocycles. The van der Waals surface area contributed by atoms with Crippen LogP contribution < -0.4 is 15.2 Å². The largest absolute Gasteiger partial charge is 0.400 e. The van der Waals surface area contributed by atoms with Gasteiger partial charge in [0.15, 0.2) is 6.23 Å². The van der Waals surface area contributed by atoms with E-state index < -0.39 is 6.23 Å². The van der Waals surface area contributed by atoms with E-state index in [0.717, 1.165) is 12.1 Å². The van der Waals surface area contributed by atoms with Crippen LogP contribution in [0.3, 0.4) is 0 Å². The summed E-state index contributed by atoms with van der Waals surface area (Å²) in [6.07, 6.45) is -0.657. The number of nitrogens with two attached hydrogens (primary N) is 1. The van der Waals surface area contributed by atoms with Gasteiger partial charge in [0.05, 0.1) is 18.2 Å². The third-order valence-electron chi connectivity index (χ3n) is 1.22. The van der Waals surface area contributed by atoms with Crippen LogP contribution in [-0.2, 0) is 0 Å². The summed E-state index contributed by atoms with van der Waals surface area (Å²) in [5, 5.41) is 17.4. The molecule has 0 bridgehead atoms. The fraction of sp³-hybridized carbons (Fsp3) is 0.400. The van der Waals surface area contributed by atoms with Gasteiger partial charge in [-0.05, 0) is 0 Å². The van der Waals surface area contributed by atoms with Crippen molar-refractivity contribution in [1.29, 1.82) is 5.26 Å². The molecule has 5 nitrogen and oxygen atoms in total. The first-order valence-corrected chi connectivity index (χ1v) is 3.78. The molecule has 0 saturated carbocycles. The van der Waals surface area contributed by atoms with E-state index in [9.17, 15) is 0 Å². The first kappa shape index (κ1) is 8.20. The minimum atomic E-state index is -0.784.